The maximum Gasteiger partial charge on any atom is 0.170 e. The summed E-state index contributed by atoms with van der Waals surface area (Å²) < 4.78 is 0. The van der Waals surface area contributed by atoms with Gasteiger partial charge < -0.3 is 15.7 Å². The van der Waals surface area contributed by atoms with Gasteiger partial charge in [-0.15, -0.1) is 0 Å². The quantitative estimate of drug-likeness (QED) is 0.758. The van der Waals surface area contributed by atoms with Crippen molar-refractivity contribution in [2.75, 3.05) is 11.9 Å². The molecule has 0 saturated carbocycles. The van der Waals surface area contributed by atoms with Gasteiger partial charge in [0.05, 0.1) is 6.10 Å². The van der Waals surface area contributed by atoms with E-state index < -0.39 is 6.10 Å². The minimum atomic E-state index is -0.579. The van der Waals surface area contributed by atoms with E-state index in [1.165, 1.54) is 5.56 Å². The molecule has 0 fully saturated rings. The van der Waals surface area contributed by atoms with Crippen LogP contribution in [0.5, 0.6) is 0 Å². The molecular weight excluding hydrogens is 280 g/mol. The smallest absolute Gasteiger partial charge is 0.170 e. The number of benzene rings is 2. The van der Waals surface area contributed by atoms with Crippen molar-refractivity contribution in [2.45, 2.75) is 20.0 Å². The predicted molar refractivity (Wildman–Crippen MR) is 91.5 cm³/mol. The van der Waals surface area contributed by atoms with Gasteiger partial charge in [0, 0.05) is 12.2 Å². The molecule has 2 rings (SSSR count). The zero-order valence-electron chi connectivity index (χ0n) is 12.3. The fraction of sp³-hybridized carbons (Fsp3) is 0.235. The van der Waals surface area contributed by atoms with Gasteiger partial charge in [0.1, 0.15) is 0 Å². The molecule has 0 aromatic heterocycles. The molecule has 2 aromatic rings. The molecule has 1 unspecified atom stereocenters. The first-order chi connectivity index (χ1) is 10.1. The van der Waals surface area contributed by atoms with Crippen molar-refractivity contribution < 1.29 is 5.11 Å². The second-order valence-corrected chi connectivity index (χ2v) is 5.49. The number of aliphatic hydroxyl groups is 1. The third kappa shape index (κ3) is 4.55. The third-order valence-corrected chi connectivity index (χ3v) is 3.53. The van der Waals surface area contributed by atoms with Crippen molar-refractivity contribution in [1.82, 2.24) is 5.32 Å². The second kappa shape index (κ2) is 7.20. The normalized spacial score (nSPS) is 11.8. The van der Waals surface area contributed by atoms with E-state index in [0.29, 0.717) is 11.7 Å². The average molecular weight is 300 g/mol. The van der Waals surface area contributed by atoms with E-state index in [1.54, 1.807) is 0 Å². The van der Waals surface area contributed by atoms with Crippen molar-refractivity contribution >= 4 is 23.0 Å². The molecule has 0 bridgehead atoms. The van der Waals surface area contributed by atoms with Gasteiger partial charge in [0.15, 0.2) is 5.11 Å². The van der Waals surface area contributed by atoms with Crippen molar-refractivity contribution in [3.63, 3.8) is 0 Å². The van der Waals surface area contributed by atoms with E-state index in [0.717, 1.165) is 16.8 Å². The van der Waals surface area contributed by atoms with Crippen molar-refractivity contribution in [2.24, 2.45) is 0 Å². The van der Waals surface area contributed by atoms with E-state index >= 15 is 0 Å². The number of thiocarbonyl (C=S) groups is 1. The summed E-state index contributed by atoms with van der Waals surface area (Å²) in [7, 11) is 0. The van der Waals surface area contributed by atoms with E-state index in [9.17, 15) is 5.11 Å². The molecule has 3 N–H and O–H groups in total. The lowest BCUT2D eigenvalue weighted by atomic mass is 10.1. The number of hydrogen-bond donors (Lipinski definition) is 3. The van der Waals surface area contributed by atoms with Crippen molar-refractivity contribution in [3.05, 3.63) is 65.2 Å². The summed E-state index contributed by atoms with van der Waals surface area (Å²) in [5.74, 6) is 0. The maximum absolute atomic E-state index is 10.1. The minimum absolute atomic E-state index is 0.376. The maximum atomic E-state index is 10.1. The monoisotopic (exact) mass is 300 g/mol. The lowest BCUT2D eigenvalue weighted by molar-refractivity contribution is 0.181. The number of aliphatic hydroxyl groups excluding tert-OH is 1. The van der Waals surface area contributed by atoms with E-state index in [2.05, 4.69) is 28.8 Å². The van der Waals surface area contributed by atoms with Gasteiger partial charge in [-0.3, -0.25) is 0 Å². The zero-order chi connectivity index (χ0) is 15.2. The van der Waals surface area contributed by atoms with E-state index in [1.807, 2.05) is 44.2 Å². The third-order valence-electron chi connectivity index (χ3n) is 3.28. The average Bonchev–Trinajstić information content (AvgIpc) is 2.49. The topological polar surface area (TPSA) is 44.3 Å². The highest BCUT2D eigenvalue weighted by Crippen LogP contribution is 2.16. The van der Waals surface area contributed by atoms with Crippen LogP contribution in [-0.4, -0.2) is 16.8 Å². The van der Waals surface area contributed by atoms with E-state index in [-0.39, 0.29) is 0 Å². The van der Waals surface area contributed by atoms with Gasteiger partial charge in [0.25, 0.3) is 0 Å². The Balaban J connectivity index is 1.89. The lowest BCUT2D eigenvalue weighted by Gasteiger charge is -2.16. The summed E-state index contributed by atoms with van der Waals surface area (Å²) in [4.78, 5) is 0. The predicted octanol–water partition coefficient (Wildman–Crippen LogP) is 3.32. The Labute approximate surface area is 131 Å². The first-order valence-corrected chi connectivity index (χ1v) is 7.32. The van der Waals surface area contributed by atoms with Gasteiger partial charge in [-0.1, -0.05) is 42.5 Å². The molecule has 0 aliphatic carbocycles. The molecule has 110 valence electrons. The van der Waals surface area contributed by atoms with Crippen molar-refractivity contribution in [1.29, 1.82) is 0 Å². The molecule has 0 aliphatic rings. The van der Waals surface area contributed by atoms with Crippen LogP contribution in [0.15, 0.2) is 48.5 Å². The van der Waals surface area contributed by atoms with Crippen LogP contribution in [0, 0.1) is 13.8 Å². The van der Waals surface area contributed by atoms with Gasteiger partial charge >= 0.3 is 0 Å². The molecule has 21 heavy (non-hydrogen) atoms. The summed E-state index contributed by atoms with van der Waals surface area (Å²) in [6, 6.07) is 15.7. The molecule has 0 spiro atoms. The highest BCUT2D eigenvalue weighted by molar-refractivity contribution is 7.80. The van der Waals surface area contributed by atoms with Gasteiger partial charge in [-0.05, 0) is 48.8 Å². The van der Waals surface area contributed by atoms with Crippen LogP contribution < -0.4 is 10.6 Å². The van der Waals surface area contributed by atoms with Gasteiger partial charge in [-0.2, -0.15) is 0 Å². The van der Waals surface area contributed by atoms with Crippen LogP contribution in [0.25, 0.3) is 0 Å². The standard InChI is InChI=1S/C17H20N2OS/c1-12-8-9-13(2)15(10-12)19-17(21)18-11-16(20)14-6-4-3-5-7-14/h3-10,16,20H,11H2,1-2H3,(H2,18,19,21). The fourth-order valence-corrected chi connectivity index (χ4v) is 2.21. The Kier molecular flexibility index (Phi) is 5.31. The van der Waals surface area contributed by atoms with Crippen LogP contribution in [-0.2, 0) is 0 Å². The highest BCUT2D eigenvalue weighted by atomic mass is 32.1. The SMILES string of the molecule is Cc1ccc(C)c(NC(=S)NCC(O)c2ccccc2)c1. The number of rotatable bonds is 4. The Morgan fingerprint density at radius 1 is 1.14 bits per heavy atom. The molecular formula is C17H20N2OS. The minimum Gasteiger partial charge on any atom is -0.387 e. The Morgan fingerprint density at radius 3 is 2.57 bits per heavy atom. The zero-order valence-corrected chi connectivity index (χ0v) is 13.1. The summed E-state index contributed by atoms with van der Waals surface area (Å²) in [6.45, 7) is 4.45. The molecule has 3 nitrogen and oxygen atoms in total. The molecule has 1 atom stereocenters. The van der Waals surface area contributed by atoms with Gasteiger partial charge in [-0.25, -0.2) is 0 Å². The molecule has 0 saturated heterocycles. The Hall–Kier alpha value is -1.91. The highest BCUT2D eigenvalue weighted by Gasteiger charge is 2.08. The summed E-state index contributed by atoms with van der Waals surface area (Å²) >= 11 is 5.27. The van der Waals surface area contributed by atoms with Crippen LogP contribution in [0.2, 0.25) is 0 Å². The fourth-order valence-electron chi connectivity index (χ4n) is 2.02. The van der Waals surface area contributed by atoms with Gasteiger partial charge in [0.2, 0.25) is 0 Å². The van der Waals surface area contributed by atoms with E-state index in [4.69, 9.17) is 12.2 Å². The number of anilines is 1. The van der Waals surface area contributed by atoms with Crippen LogP contribution in [0.1, 0.15) is 22.8 Å². The second-order valence-electron chi connectivity index (χ2n) is 5.08. The largest absolute Gasteiger partial charge is 0.387 e. The van der Waals surface area contributed by atoms with Crippen LogP contribution in [0.4, 0.5) is 5.69 Å². The summed E-state index contributed by atoms with van der Waals surface area (Å²) in [6.07, 6.45) is -0.579. The summed E-state index contributed by atoms with van der Waals surface area (Å²) in [5, 5.41) is 16.8. The molecule has 0 amide bonds. The Bertz CT molecular complexity index is 613. The molecule has 0 radical (unpaired) electrons. The Morgan fingerprint density at radius 2 is 1.86 bits per heavy atom. The lowest BCUT2D eigenvalue weighted by Crippen LogP contribution is -2.32. The first kappa shape index (κ1) is 15.5. The number of hydrogen-bond acceptors (Lipinski definition) is 2. The molecule has 0 aliphatic heterocycles. The first-order valence-electron chi connectivity index (χ1n) is 6.91. The summed E-state index contributed by atoms with van der Waals surface area (Å²) in [5.41, 5.74) is 4.17. The van der Waals surface area contributed by atoms with Crippen LogP contribution in [0.3, 0.4) is 0 Å². The van der Waals surface area contributed by atoms with Crippen LogP contribution >= 0.6 is 12.2 Å². The molecule has 2 aromatic carbocycles. The number of aryl methyl sites for hydroxylation is 2. The number of nitrogens with one attached hydrogen (secondary N) is 2. The molecule has 0 heterocycles. The molecule has 4 heteroatoms. The van der Waals surface area contributed by atoms with Crippen molar-refractivity contribution in [3.8, 4) is 0 Å².